The topological polar surface area (TPSA) is 66.5 Å². The first kappa shape index (κ1) is 16.1. The number of sulfonamides is 1. The summed E-state index contributed by atoms with van der Waals surface area (Å²) < 4.78 is 25.4. The van der Waals surface area contributed by atoms with Gasteiger partial charge in [-0.2, -0.15) is 0 Å². The van der Waals surface area contributed by atoms with Gasteiger partial charge < -0.3 is 5.32 Å². The van der Waals surface area contributed by atoms with Crippen LogP contribution in [0.5, 0.6) is 0 Å². The molecule has 1 amide bonds. The van der Waals surface area contributed by atoms with Gasteiger partial charge in [-0.3, -0.25) is 4.79 Å². The van der Waals surface area contributed by atoms with Crippen molar-refractivity contribution in [3.05, 3.63) is 23.8 Å². The van der Waals surface area contributed by atoms with Crippen LogP contribution in [0.4, 0.5) is 5.69 Å². The minimum atomic E-state index is -3.51. The van der Waals surface area contributed by atoms with Crippen LogP contribution < -0.4 is 5.32 Å². The molecule has 0 radical (unpaired) electrons. The molecule has 0 atom stereocenters. The molecule has 0 bridgehead atoms. The van der Waals surface area contributed by atoms with Gasteiger partial charge in [0, 0.05) is 31.5 Å². The molecule has 19 heavy (non-hydrogen) atoms. The number of carbonyl (C=O) groups is 1. The molecular weight excluding hydrogens is 332 g/mol. The first-order chi connectivity index (χ1) is 8.78. The maximum atomic E-state index is 12.1. The number of rotatable bonds is 5. The fraction of sp³-hybridized carbons (Fsp3) is 0.417. The summed E-state index contributed by atoms with van der Waals surface area (Å²) in [6.45, 7) is 1.72. The normalized spacial score (nSPS) is 11.6. The molecule has 0 saturated heterocycles. The van der Waals surface area contributed by atoms with Gasteiger partial charge in [-0.05, 0) is 24.6 Å². The number of hydrogen-bond donors (Lipinski definition) is 1. The number of benzene rings is 1. The zero-order valence-electron chi connectivity index (χ0n) is 11.1. The first-order valence-electron chi connectivity index (χ1n) is 5.68. The second-order valence-electron chi connectivity index (χ2n) is 4.25. The van der Waals surface area contributed by atoms with Gasteiger partial charge in [0.25, 0.3) is 0 Å². The van der Waals surface area contributed by atoms with Crippen LogP contribution in [0.15, 0.2) is 23.1 Å². The van der Waals surface area contributed by atoms with Crippen LogP contribution in [-0.2, 0) is 14.8 Å². The summed E-state index contributed by atoms with van der Waals surface area (Å²) in [7, 11) is -0.551. The van der Waals surface area contributed by atoms with Crippen molar-refractivity contribution in [1.29, 1.82) is 0 Å². The Balaban J connectivity index is 3.12. The molecule has 0 aromatic heterocycles. The zero-order valence-corrected chi connectivity index (χ0v) is 13.5. The predicted octanol–water partition coefficient (Wildman–Crippen LogP) is 1.97. The maximum Gasteiger partial charge on any atom is 0.242 e. The minimum Gasteiger partial charge on any atom is -0.326 e. The van der Waals surface area contributed by atoms with Crippen molar-refractivity contribution in [2.24, 2.45) is 0 Å². The summed E-state index contributed by atoms with van der Waals surface area (Å²) in [6, 6.07) is 4.85. The van der Waals surface area contributed by atoms with Crippen LogP contribution >= 0.6 is 15.9 Å². The Morgan fingerprint density at radius 2 is 2.00 bits per heavy atom. The molecule has 1 rings (SSSR count). The van der Waals surface area contributed by atoms with Crippen molar-refractivity contribution >= 4 is 37.5 Å². The number of nitrogens with zero attached hydrogens (tertiary/aromatic N) is 1. The monoisotopic (exact) mass is 348 g/mol. The molecule has 1 aromatic carbocycles. The van der Waals surface area contributed by atoms with Gasteiger partial charge in [-0.25, -0.2) is 12.7 Å². The molecule has 106 valence electrons. The molecule has 7 heteroatoms. The Morgan fingerprint density at radius 3 is 2.53 bits per heavy atom. The summed E-state index contributed by atoms with van der Waals surface area (Å²) in [4.78, 5) is 11.7. The molecule has 0 heterocycles. The van der Waals surface area contributed by atoms with Gasteiger partial charge >= 0.3 is 0 Å². The van der Waals surface area contributed by atoms with Crippen LogP contribution in [0, 0.1) is 6.92 Å². The van der Waals surface area contributed by atoms with E-state index < -0.39 is 10.0 Å². The van der Waals surface area contributed by atoms with Gasteiger partial charge in [0.2, 0.25) is 15.9 Å². The Labute approximate surface area is 122 Å². The fourth-order valence-electron chi connectivity index (χ4n) is 1.46. The molecule has 1 N–H and O–H groups in total. The van der Waals surface area contributed by atoms with Crippen LogP contribution in [-0.4, -0.2) is 38.1 Å². The standard InChI is InChI=1S/C12H17BrN2O3S/c1-9-4-5-10(14-12(16)6-7-13)8-11(9)19(17,18)15(2)3/h4-5,8H,6-7H2,1-3H3,(H,14,16). The van der Waals surface area contributed by atoms with Gasteiger partial charge in [0.05, 0.1) is 4.90 Å². The lowest BCUT2D eigenvalue weighted by atomic mass is 10.2. The van der Waals surface area contributed by atoms with Crippen molar-refractivity contribution in [1.82, 2.24) is 4.31 Å². The summed E-state index contributed by atoms with van der Waals surface area (Å²) in [5.74, 6) is -0.158. The van der Waals surface area contributed by atoms with Crippen LogP contribution in [0.1, 0.15) is 12.0 Å². The largest absolute Gasteiger partial charge is 0.326 e. The van der Waals surface area contributed by atoms with Gasteiger partial charge in [-0.1, -0.05) is 22.0 Å². The van der Waals surface area contributed by atoms with Gasteiger partial charge in [0.1, 0.15) is 0 Å². The first-order valence-corrected chi connectivity index (χ1v) is 8.24. The second kappa shape index (κ2) is 6.49. The van der Waals surface area contributed by atoms with Crippen molar-refractivity contribution in [3.8, 4) is 0 Å². The second-order valence-corrected chi connectivity index (χ2v) is 7.17. The van der Waals surface area contributed by atoms with Crippen molar-refractivity contribution in [3.63, 3.8) is 0 Å². The molecule has 0 aliphatic rings. The predicted molar refractivity (Wildman–Crippen MR) is 79.1 cm³/mol. The average molecular weight is 349 g/mol. The Bertz CT molecular complexity index is 570. The molecule has 0 spiro atoms. The van der Waals surface area contributed by atoms with Gasteiger partial charge in [-0.15, -0.1) is 0 Å². The number of nitrogens with one attached hydrogen (secondary N) is 1. The summed E-state index contributed by atoms with van der Waals surface area (Å²) in [5, 5.41) is 3.23. The van der Waals surface area contributed by atoms with Crippen LogP contribution in [0.3, 0.4) is 0 Å². The van der Waals surface area contributed by atoms with E-state index in [2.05, 4.69) is 21.2 Å². The zero-order chi connectivity index (χ0) is 14.6. The molecule has 0 unspecified atom stereocenters. The van der Waals surface area contributed by atoms with Crippen LogP contribution in [0.25, 0.3) is 0 Å². The Kier molecular flexibility index (Phi) is 5.51. The number of anilines is 1. The lowest BCUT2D eigenvalue weighted by Gasteiger charge is -2.15. The van der Waals surface area contributed by atoms with E-state index in [0.717, 1.165) is 4.31 Å². The van der Waals surface area contributed by atoms with E-state index in [4.69, 9.17) is 0 Å². The average Bonchev–Trinajstić information content (AvgIpc) is 2.31. The maximum absolute atomic E-state index is 12.1. The molecule has 0 saturated carbocycles. The number of amides is 1. The number of hydrogen-bond acceptors (Lipinski definition) is 3. The summed E-state index contributed by atoms with van der Waals surface area (Å²) in [6.07, 6.45) is 0.337. The van der Waals surface area contributed by atoms with E-state index in [1.54, 1.807) is 19.1 Å². The molecular formula is C12H17BrN2O3S. The summed E-state index contributed by atoms with van der Waals surface area (Å²) in [5.41, 5.74) is 1.13. The molecule has 1 aromatic rings. The highest BCUT2D eigenvalue weighted by Gasteiger charge is 2.20. The highest BCUT2D eigenvalue weighted by molar-refractivity contribution is 9.09. The fourth-order valence-corrected chi connectivity index (χ4v) is 2.97. The van der Waals surface area contributed by atoms with E-state index in [-0.39, 0.29) is 10.8 Å². The molecule has 0 fully saturated rings. The highest BCUT2D eigenvalue weighted by atomic mass is 79.9. The quantitative estimate of drug-likeness (QED) is 0.827. The van der Waals surface area contributed by atoms with E-state index >= 15 is 0 Å². The smallest absolute Gasteiger partial charge is 0.242 e. The molecule has 0 aliphatic heterocycles. The number of aryl methyl sites for hydroxylation is 1. The number of halogens is 1. The lowest BCUT2D eigenvalue weighted by Crippen LogP contribution is -2.23. The Morgan fingerprint density at radius 1 is 1.37 bits per heavy atom. The van der Waals surface area contributed by atoms with Gasteiger partial charge in [0.15, 0.2) is 0 Å². The Hall–Kier alpha value is -0.920. The SMILES string of the molecule is Cc1ccc(NC(=O)CCBr)cc1S(=O)(=O)N(C)C. The van der Waals surface area contributed by atoms with E-state index in [1.165, 1.54) is 20.2 Å². The van der Waals surface area contributed by atoms with Crippen LogP contribution in [0.2, 0.25) is 0 Å². The van der Waals surface area contributed by atoms with E-state index in [9.17, 15) is 13.2 Å². The number of carbonyl (C=O) groups excluding carboxylic acids is 1. The molecule has 5 nitrogen and oxygen atoms in total. The van der Waals surface area contributed by atoms with E-state index in [0.29, 0.717) is 23.0 Å². The third-order valence-electron chi connectivity index (χ3n) is 2.55. The third-order valence-corrected chi connectivity index (χ3v) is 4.91. The summed E-state index contributed by atoms with van der Waals surface area (Å²) >= 11 is 3.18. The van der Waals surface area contributed by atoms with Crippen molar-refractivity contribution in [2.45, 2.75) is 18.2 Å². The molecule has 0 aliphatic carbocycles. The third kappa shape index (κ3) is 4.02. The highest BCUT2D eigenvalue weighted by Crippen LogP contribution is 2.22. The van der Waals surface area contributed by atoms with Crippen molar-refractivity contribution < 1.29 is 13.2 Å². The van der Waals surface area contributed by atoms with Crippen molar-refractivity contribution in [2.75, 3.05) is 24.7 Å². The number of alkyl halides is 1. The van der Waals surface area contributed by atoms with E-state index in [1.807, 2.05) is 0 Å². The lowest BCUT2D eigenvalue weighted by molar-refractivity contribution is -0.115. The minimum absolute atomic E-state index is 0.158.